The number of benzene rings is 1. The number of carbonyl (C=O) groups excluding carboxylic acids is 1. The molecule has 0 aliphatic carbocycles. The van der Waals surface area contributed by atoms with Crippen LogP contribution < -0.4 is 0 Å². The minimum Gasteiger partial charge on any atom is -0.376 e. The van der Waals surface area contributed by atoms with E-state index in [9.17, 15) is 4.79 Å². The molecule has 6 nitrogen and oxygen atoms in total. The van der Waals surface area contributed by atoms with Crippen molar-refractivity contribution in [3.8, 4) is 0 Å². The van der Waals surface area contributed by atoms with Gasteiger partial charge in [0, 0.05) is 45.2 Å². The lowest BCUT2D eigenvalue weighted by Crippen LogP contribution is -2.51. The van der Waals surface area contributed by atoms with Gasteiger partial charge in [-0.3, -0.25) is 9.69 Å². The summed E-state index contributed by atoms with van der Waals surface area (Å²) in [4.78, 5) is 21.9. The second kappa shape index (κ2) is 7.98. The van der Waals surface area contributed by atoms with Crippen molar-refractivity contribution in [3.05, 3.63) is 30.1 Å². The van der Waals surface area contributed by atoms with E-state index in [0.717, 1.165) is 62.5 Å². The molecule has 2 fully saturated rings. The van der Waals surface area contributed by atoms with Gasteiger partial charge in [0.15, 0.2) is 0 Å². The number of morpholine rings is 1. The third-order valence-electron chi connectivity index (χ3n) is 6.00. The Morgan fingerprint density at radius 2 is 2.00 bits per heavy atom. The molecule has 1 aromatic heterocycles. The van der Waals surface area contributed by atoms with Crippen molar-refractivity contribution in [2.45, 2.75) is 51.8 Å². The van der Waals surface area contributed by atoms with Crippen molar-refractivity contribution in [2.75, 3.05) is 32.8 Å². The molecule has 146 valence electrons. The van der Waals surface area contributed by atoms with E-state index in [2.05, 4.69) is 32.3 Å². The highest BCUT2D eigenvalue weighted by molar-refractivity contribution is 5.78. The first-order valence-corrected chi connectivity index (χ1v) is 10.2. The van der Waals surface area contributed by atoms with Crippen molar-refractivity contribution in [3.63, 3.8) is 0 Å². The zero-order valence-corrected chi connectivity index (χ0v) is 16.4. The summed E-state index contributed by atoms with van der Waals surface area (Å²) in [5, 5.41) is 0. The molecule has 27 heavy (non-hydrogen) atoms. The van der Waals surface area contributed by atoms with Gasteiger partial charge in [-0.1, -0.05) is 12.1 Å². The highest BCUT2D eigenvalue weighted by atomic mass is 16.5. The normalized spacial score (nSPS) is 22.4. The van der Waals surface area contributed by atoms with E-state index in [-0.39, 0.29) is 5.91 Å². The molecule has 1 aromatic carbocycles. The molecule has 1 unspecified atom stereocenters. The quantitative estimate of drug-likeness (QED) is 0.830. The molecule has 1 atom stereocenters. The number of hydrogen-bond acceptors (Lipinski definition) is 4. The predicted molar refractivity (Wildman–Crippen MR) is 106 cm³/mol. The highest BCUT2D eigenvalue weighted by Gasteiger charge is 2.29. The Hall–Kier alpha value is -1.92. The first kappa shape index (κ1) is 18.4. The number of piperidine rings is 1. The second-order valence-electron chi connectivity index (χ2n) is 7.84. The standard InChI is InChI=1S/C21H30N4O2/c1-16-15-24(13-14-27-16)18-7-10-23(11-8-18)21(26)9-12-25-17(2)22-19-5-3-4-6-20(19)25/h3-6,16,18H,7-15H2,1-2H3. The van der Waals surface area contributed by atoms with E-state index < -0.39 is 0 Å². The predicted octanol–water partition coefficient (Wildman–Crippen LogP) is 2.45. The number of carbonyl (C=O) groups is 1. The summed E-state index contributed by atoms with van der Waals surface area (Å²) in [6, 6.07) is 8.73. The van der Waals surface area contributed by atoms with E-state index >= 15 is 0 Å². The second-order valence-corrected chi connectivity index (χ2v) is 7.84. The number of rotatable bonds is 4. The average molecular weight is 370 g/mol. The molecule has 2 aliphatic heterocycles. The van der Waals surface area contributed by atoms with E-state index in [4.69, 9.17) is 4.74 Å². The van der Waals surface area contributed by atoms with E-state index in [1.807, 2.05) is 25.1 Å². The fourth-order valence-electron chi connectivity index (χ4n) is 4.50. The SMILES string of the molecule is Cc1nc2ccccc2n1CCC(=O)N1CCC(N2CCOC(C)C2)CC1. The van der Waals surface area contributed by atoms with Crippen molar-refractivity contribution in [1.82, 2.24) is 19.4 Å². The van der Waals surface area contributed by atoms with Gasteiger partial charge in [-0.25, -0.2) is 4.98 Å². The van der Waals surface area contributed by atoms with E-state index in [0.29, 0.717) is 25.1 Å². The molecule has 0 bridgehead atoms. The molecule has 0 saturated carbocycles. The molecular weight excluding hydrogens is 340 g/mol. The molecule has 2 aliphatic rings. The summed E-state index contributed by atoms with van der Waals surface area (Å²) in [6.45, 7) is 9.48. The van der Waals surface area contributed by atoms with Gasteiger partial charge in [0.1, 0.15) is 5.82 Å². The summed E-state index contributed by atoms with van der Waals surface area (Å²) >= 11 is 0. The summed E-state index contributed by atoms with van der Waals surface area (Å²) in [5.74, 6) is 1.24. The number of aromatic nitrogens is 2. The smallest absolute Gasteiger partial charge is 0.224 e. The van der Waals surface area contributed by atoms with Crippen LogP contribution in [0.1, 0.15) is 32.0 Å². The van der Waals surface area contributed by atoms with Gasteiger partial charge in [-0.2, -0.15) is 0 Å². The van der Waals surface area contributed by atoms with Crippen molar-refractivity contribution < 1.29 is 9.53 Å². The molecule has 3 heterocycles. The summed E-state index contributed by atoms with van der Waals surface area (Å²) in [6.07, 6.45) is 3.02. The Bertz CT molecular complexity index is 795. The first-order valence-electron chi connectivity index (χ1n) is 10.2. The third kappa shape index (κ3) is 4.01. The summed E-state index contributed by atoms with van der Waals surface area (Å²) in [7, 11) is 0. The van der Waals surface area contributed by atoms with Crippen LogP contribution in [0.2, 0.25) is 0 Å². The number of fused-ring (bicyclic) bond motifs is 1. The minimum absolute atomic E-state index is 0.265. The van der Waals surface area contributed by atoms with Crippen LogP contribution in [0.3, 0.4) is 0 Å². The fraction of sp³-hybridized carbons (Fsp3) is 0.619. The number of imidazole rings is 1. The number of nitrogens with zero attached hydrogens (tertiary/aromatic N) is 4. The van der Waals surface area contributed by atoms with Gasteiger partial charge < -0.3 is 14.2 Å². The number of hydrogen-bond donors (Lipinski definition) is 0. The van der Waals surface area contributed by atoms with Gasteiger partial charge in [0.25, 0.3) is 0 Å². The average Bonchev–Trinajstić information content (AvgIpc) is 3.01. The Morgan fingerprint density at radius 1 is 1.22 bits per heavy atom. The lowest BCUT2D eigenvalue weighted by molar-refractivity contribution is -0.133. The Balaban J connectivity index is 1.30. The maximum atomic E-state index is 12.7. The van der Waals surface area contributed by atoms with E-state index in [1.165, 1.54) is 0 Å². The lowest BCUT2D eigenvalue weighted by atomic mass is 10.0. The zero-order chi connectivity index (χ0) is 18.8. The molecule has 0 spiro atoms. The van der Waals surface area contributed by atoms with Crippen LogP contribution in [0.25, 0.3) is 11.0 Å². The van der Waals surface area contributed by atoms with Crippen LogP contribution in [-0.2, 0) is 16.1 Å². The molecular formula is C21H30N4O2. The maximum absolute atomic E-state index is 12.7. The van der Waals surface area contributed by atoms with Crippen LogP contribution >= 0.6 is 0 Å². The summed E-state index contributed by atoms with van der Waals surface area (Å²) < 4.78 is 7.81. The van der Waals surface area contributed by atoms with Gasteiger partial charge in [0.2, 0.25) is 5.91 Å². The maximum Gasteiger partial charge on any atom is 0.224 e. The molecule has 2 aromatic rings. The molecule has 4 rings (SSSR count). The monoisotopic (exact) mass is 370 g/mol. The largest absolute Gasteiger partial charge is 0.376 e. The zero-order valence-electron chi connectivity index (χ0n) is 16.4. The van der Waals surface area contributed by atoms with Crippen molar-refractivity contribution in [2.24, 2.45) is 0 Å². The van der Waals surface area contributed by atoms with Crippen LogP contribution in [0.4, 0.5) is 0 Å². The number of amides is 1. The third-order valence-corrected chi connectivity index (χ3v) is 6.00. The van der Waals surface area contributed by atoms with E-state index in [1.54, 1.807) is 0 Å². The van der Waals surface area contributed by atoms with Gasteiger partial charge >= 0.3 is 0 Å². The van der Waals surface area contributed by atoms with Gasteiger partial charge in [0.05, 0.1) is 23.7 Å². The molecule has 6 heteroatoms. The van der Waals surface area contributed by atoms with Gasteiger partial charge in [-0.05, 0) is 38.8 Å². The number of ether oxygens (including phenoxy) is 1. The Kier molecular flexibility index (Phi) is 5.45. The van der Waals surface area contributed by atoms with Crippen molar-refractivity contribution in [1.29, 1.82) is 0 Å². The molecule has 2 saturated heterocycles. The first-order chi connectivity index (χ1) is 13.1. The molecule has 0 radical (unpaired) electrons. The van der Waals surface area contributed by atoms with Crippen LogP contribution in [0.5, 0.6) is 0 Å². The number of para-hydroxylation sites is 2. The van der Waals surface area contributed by atoms with Crippen LogP contribution in [0.15, 0.2) is 24.3 Å². The Labute approximate surface area is 161 Å². The van der Waals surface area contributed by atoms with Gasteiger partial charge in [-0.15, -0.1) is 0 Å². The van der Waals surface area contributed by atoms with Crippen molar-refractivity contribution >= 4 is 16.9 Å². The summed E-state index contributed by atoms with van der Waals surface area (Å²) in [5.41, 5.74) is 2.12. The Morgan fingerprint density at radius 3 is 2.78 bits per heavy atom. The fourth-order valence-corrected chi connectivity index (χ4v) is 4.50. The number of aryl methyl sites for hydroxylation is 2. The molecule has 1 amide bonds. The minimum atomic E-state index is 0.265. The topological polar surface area (TPSA) is 50.6 Å². The highest BCUT2D eigenvalue weighted by Crippen LogP contribution is 2.21. The molecule has 0 N–H and O–H groups in total. The van der Waals surface area contributed by atoms with Crippen LogP contribution in [0, 0.1) is 6.92 Å². The lowest BCUT2D eigenvalue weighted by Gasteiger charge is -2.41. The number of likely N-dealkylation sites (tertiary alicyclic amines) is 1. The van der Waals surface area contributed by atoms with Crippen LogP contribution in [-0.4, -0.2) is 70.2 Å².